The van der Waals surface area contributed by atoms with Crippen molar-refractivity contribution >= 4 is 27.5 Å². The van der Waals surface area contributed by atoms with Gasteiger partial charge in [-0.2, -0.15) is 0 Å². The lowest BCUT2D eigenvalue weighted by molar-refractivity contribution is 0.0492. The molecule has 3 aromatic rings. The third kappa shape index (κ3) is 10.6. The highest BCUT2D eigenvalue weighted by molar-refractivity contribution is 7.92. The molecule has 2 amide bonds. The molecule has 0 spiro atoms. The number of methoxy groups -OCH3 is 1. The summed E-state index contributed by atoms with van der Waals surface area (Å²) in [6.45, 7) is 2.86. The minimum absolute atomic E-state index is 0.0987. The molecule has 0 radical (unpaired) electrons. The molecular weight excluding hydrogens is 616 g/mol. The van der Waals surface area contributed by atoms with Gasteiger partial charge in [0.1, 0.15) is 0 Å². The van der Waals surface area contributed by atoms with Gasteiger partial charge in [-0.25, -0.2) is 8.42 Å². The molecule has 0 saturated heterocycles. The second kappa shape index (κ2) is 16.9. The average Bonchev–Trinajstić information content (AvgIpc) is 3.07. The van der Waals surface area contributed by atoms with Crippen LogP contribution in [0.1, 0.15) is 70.5 Å². The van der Waals surface area contributed by atoms with E-state index in [1.807, 2.05) is 67.6 Å². The van der Waals surface area contributed by atoms with E-state index in [-0.39, 0.29) is 35.5 Å². The van der Waals surface area contributed by atoms with E-state index in [4.69, 9.17) is 4.74 Å². The van der Waals surface area contributed by atoms with Gasteiger partial charge in [-0.3, -0.25) is 13.9 Å². The van der Waals surface area contributed by atoms with E-state index in [2.05, 4.69) is 16.0 Å². The zero-order valence-electron chi connectivity index (χ0n) is 27.7. The van der Waals surface area contributed by atoms with Gasteiger partial charge < -0.3 is 25.8 Å². The molecule has 0 aliphatic heterocycles. The van der Waals surface area contributed by atoms with Crippen molar-refractivity contribution in [3.05, 3.63) is 101 Å². The summed E-state index contributed by atoms with van der Waals surface area (Å²) >= 11 is 0. The Kier molecular flexibility index (Phi) is 12.9. The van der Waals surface area contributed by atoms with Crippen LogP contribution in [0.2, 0.25) is 0 Å². The number of aliphatic hydroxyl groups excluding tert-OH is 1. The molecule has 2 unspecified atom stereocenters. The largest absolute Gasteiger partial charge is 0.390 e. The monoisotopic (exact) mass is 664 g/mol. The van der Waals surface area contributed by atoms with Crippen LogP contribution in [0.15, 0.2) is 78.9 Å². The number of hydrogen-bond acceptors (Lipinski definition) is 7. The fraction of sp³-hybridized carbons (Fsp3) is 0.444. The second-order valence-corrected chi connectivity index (χ2v) is 14.5. The number of nitrogens with one attached hydrogen (secondary N) is 3. The first-order chi connectivity index (χ1) is 22.4. The Hall–Kier alpha value is -3.77. The van der Waals surface area contributed by atoms with E-state index >= 15 is 0 Å². The number of nitrogens with zero attached hydrogens (tertiary/aromatic N) is 1. The minimum Gasteiger partial charge on any atom is -0.390 e. The SMILES string of the molecule is COC1CCCC(CNC[C@@H](O)[C@H](Cc2ccccc2)NC(=O)c2cc(C(=O)N[C@H](C)c3ccccc3)cc(N(C)S(C)(=O)=O)c2)C1. The molecule has 1 saturated carbocycles. The van der Waals surface area contributed by atoms with Crippen LogP contribution in [0.5, 0.6) is 0 Å². The summed E-state index contributed by atoms with van der Waals surface area (Å²) in [7, 11) is -0.578. The number of benzene rings is 3. The summed E-state index contributed by atoms with van der Waals surface area (Å²) in [6.07, 6.45) is 5.02. The van der Waals surface area contributed by atoms with Crippen LogP contribution < -0.4 is 20.3 Å². The van der Waals surface area contributed by atoms with Crippen LogP contribution in [0.3, 0.4) is 0 Å². The van der Waals surface area contributed by atoms with Gasteiger partial charge >= 0.3 is 0 Å². The second-order valence-electron chi connectivity index (χ2n) is 12.5. The molecule has 11 heteroatoms. The van der Waals surface area contributed by atoms with Gasteiger partial charge in [0.15, 0.2) is 0 Å². The van der Waals surface area contributed by atoms with Crippen LogP contribution in [0, 0.1) is 5.92 Å². The van der Waals surface area contributed by atoms with E-state index in [0.29, 0.717) is 12.3 Å². The number of hydrogen-bond donors (Lipinski definition) is 4. The molecular formula is C36H48N4O6S. The van der Waals surface area contributed by atoms with E-state index in [1.54, 1.807) is 7.11 Å². The number of anilines is 1. The van der Waals surface area contributed by atoms with Gasteiger partial charge in [-0.15, -0.1) is 0 Å². The normalized spacial score (nSPS) is 18.5. The molecule has 3 aromatic carbocycles. The quantitative estimate of drug-likeness (QED) is 0.192. The van der Waals surface area contributed by atoms with Crippen LogP contribution in [0.4, 0.5) is 5.69 Å². The Morgan fingerprint density at radius 1 is 0.957 bits per heavy atom. The molecule has 4 rings (SSSR count). The molecule has 254 valence electrons. The third-order valence-electron chi connectivity index (χ3n) is 8.88. The summed E-state index contributed by atoms with van der Waals surface area (Å²) < 4.78 is 31.5. The van der Waals surface area contributed by atoms with Crippen LogP contribution in [0.25, 0.3) is 0 Å². The Morgan fingerprint density at radius 2 is 1.57 bits per heavy atom. The van der Waals surface area contributed by atoms with Crippen molar-refractivity contribution in [1.29, 1.82) is 0 Å². The lowest BCUT2D eigenvalue weighted by Gasteiger charge is -2.29. The molecule has 0 bridgehead atoms. The van der Waals surface area contributed by atoms with E-state index in [9.17, 15) is 23.1 Å². The number of carbonyl (C=O) groups is 2. The fourth-order valence-corrected chi connectivity index (χ4v) is 6.46. The Labute approximate surface area is 279 Å². The average molecular weight is 665 g/mol. The van der Waals surface area contributed by atoms with E-state index in [1.165, 1.54) is 25.2 Å². The number of rotatable bonds is 15. The predicted octanol–water partition coefficient (Wildman–Crippen LogP) is 4.07. The first kappa shape index (κ1) is 36.1. The lowest BCUT2D eigenvalue weighted by atomic mass is 9.87. The van der Waals surface area contributed by atoms with Gasteiger partial charge in [0.25, 0.3) is 11.8 Å². The molecule has 5 atom stereocenters. The summed E-state index contributed by atoms with van der Waals surface area (Å²) in [4.78, 5) is 27.2. The molecule has 10 nitrogen and oxygen atoms in total. The molecule has 1 fully saturated rings. The smallest absolute Gasteiger partial charge is 0.251 e. The highest BCUT2D eigenvalue weighted by atomic mass is 32.2. The topological polar surface area (TPSA) is 137 Å². The highest BCUT2D eigenvalue weighted by Gasteiger charge is 2.26. The zero-order chi connectivity index (χ0) is 34.0. The molecule has 0 aromatic heterocycles. The van der Waals surface area contributed by atoms with Gasteiger partial charge in [0, 0.05) is 31.8 Å². The van der Waals surface area contributed by atoms with E-state index < -0.39 is 34.0 Å². The lowest BCUT2D eigenvalue weighted by Crippen LogP contribution is -2.49. The van der Waals surface area contributed by atoms with Gasteiger partial charge in [-0.05, 0) is 74.4 Å². The number of carbonyl (C=O) groups excluding carboxylic acids is 2. The van der Waals surface area contributed by atoms with Gasteiger partial charge in [-0.1, -0.05) is 67.1 Å². The maximum atomic E-state index is 13.8. The van der Waals surface area contributed by atoms with Crippen LogP contribution in [-0.2, 0) is 21.2 Å². The van der Waals surface area contributed by atoms with Crippen LogP contribution >= 0.6 is 0 Å². The first-order valence-corrected chi connectivity index (χ1v) is 18.0. The number of sulfonamides is 1. The number of ether oxygens (including phenoxy) is 1. The van der Waals surface area contributed by atoms with Crippen molar-refractivity contribution in [1.82, 2.24) is 16.0 Å². The van der Waals surface area contributed by atoms with Crippen molar-refractivity contribution in [2.45, 2.75) is 63.3 Å². The van der Waals surface area contributed by atoms with E-state index in [0.717, 1.165) is 53.9 Å². The molecule has 1 aliphatic carbocycles. The zero-order valence-corrected chi connectivity index (χ0v) is 28.5. The Bertz CT molecular complexity index is 1570. The molecule has 47 heavy (non-hydrogen) atoms. The van der Waals surface area contributed by atoms with Crippen molar-refractivity contribution in [2.24, 2.45) is 5.92 Å². The minimum atomic E-state index is -3.70. The van der Waals surface area contributed by atoms with Crippen molar-refractivity contribution < 1.29 is 27.9 Å². The van der Waals surface area contributed by atoms with Gasteiger partial charge in [0.05, 0.1) is 36.2 Å². The Balaban J connectivity index is 1.54. The van der Waals surface area contributed by atoms with Crippen molar-refractivity contribution in [2.75, 3.05) is 37.8 Å². The molecule has 1 aliphatic rings. The predicted molar refractivity (Wildman–Crippen MR) is 185 cm³/mol. The maximum Gasteiger partial charge on any atom is 0.251 e. The molecule has 0 heterocycles. The Morgan fingerprint density at radius 3 is 2.19 bits per heavy atom. The highest BCUT2D eigenvalue weighted by Crippen LogP contribution is 2.26. The first-order valence-electron chi connectivity index (χ1n) is 16.2. The maximum absolute atomic E-state index is 13.8. The number of amides is 2. The van der Waals surface area contributed by atoms with Crippen LogP contribution in [-0.4, -0.2) is 77.1 Å². The van der Waals surface area contributed by atoms with Crippen molar-refractivity contribution in [3.63, 3.8) is 0 Å². The molecule has 4 N–H and O–H groups in total. The summed E-state index contributed by atoms with van der Waals surface area (Å²) in [5.74, 6) is -0.538. The summed E-state index contributed by atoms with van der Waals surface area (Å²) in [5, 5.41) is 20.6. The summed E-state index contributed by atoms with van der Waals surface area (Å²) in [6, 6.07) is 22.4. The standard InChI is InChI=1S/C36H48N4O6S/c1-25(28-15-9-6-10-16-28)38-35(42)29-20-30(22-31(21-29)40(2)47(4,44)45)36(43)39-33(19-26-12-7-5-8-13-26)34(41)24-37-23-27-14-11-17-32(18-27)46-3/h5-10,12-13,15-16,20-22,25,27,32-34,37,41H,11,14,17-19,23-24H2,1-4H3,(H,38,42)(H,39,43)/t25-,27?,32?,33+,34-/m1/s1. The fourth-order valence-electron chi connectivity index (χ4n) is 5.97. The third-order valence-corrected chi connectivity index (χ3v) is 10.1. The summed E-state index contributed by atoms with van der Waals surface area (Å²) in [5.41, 5.74) is 2.24. The number of aliphatic hydroxyl groups is 1. The van der Waals surface area contributed by atoms with Gasteiger partial charge in [0.2, 0.25) is 10.0 Å². The van der Waals surface area contributed by atoms with Crippen molar-refractivity contribution in [3.8, 4) is 0 Å².